The second kappa shape index (κ2) is 6.02. The summed E-state index contributed by atoms with van der Waals surface area (Å²) in [4.78, 5) is 19.2. The lowest BCUT2D eigenvalue weighted by Gasteiger charge is -2.37. The fourth-order valence-electron chi connectivity index (χ4n) is 2.35. The molecular weight excluding hydrogens is 260 g/mol. The molecule has 1 fully saturated rings. The molecule has 2 rings (SSSR count). The maximum atomic E-state index is 11.1. The van der Waals surface area contributed by atoms with Crippen LogP contribution in [0.4, 0.5) is 17.3 Å². The highest BCUT2D eigenvalue weighted by atomic mass is 16.6. The van der Waals surface area contributed by atoms with E-state index in [0.717, 1.165) is 26.2 Å². The first kappa shape index (κ1) is 14.5. The van der Waals surface area contributed by atoms with Gasteiger partial charge in [0.2, 0.25) is 5.82 Å². The van der Waals surface area contributed by atoms with Crippen molar-refractivity contribution in [2.45, 2.75) is 19.9 Å². The Balaban J connectivity index is 2.21. The van der Waals surface area contributed by atoms with Crippen LogP contribution >= 0.6 is 0 Å². The number of piperazine rings is 1. The molecule has 8 nitrogen and oxygen atoms in total. The molecule has 0 radical (unpaired) electrons. The minimum absolute atomic E-state index is 0.0157. The number of hydrogen-bond donors (Lipinski definition) is 2. The summed E-state index contributed by atoms with van der Waals surface area (Å²) in [7, 11) is 0. The Morgan fingerprint density at radius 1 is 1.35 bits per heavy atom. The summed E-state index contributed by atoms with van der Waals surface area (Å²) in [6.45, 7) is 7.48. The number of hydrazine groups is 1. The molecule has 0 atom stereocenters. The maximum absolute atomic E-state index is 11.1. The van der Waals surface area contributed by atoms with Crippen molar-refractivity contribution in [1.29, 1.82) is 0 Å². The predicted molar refractivity (Wildman–Crippen MR) is 77.6 cm³/mol. The van der Waals surface area contributed by atoms with E-state index < -0.39 is 4.92 Å². The minimum atomic E-state index is -0.405. The second-order valence-corrected chi connectivity index (χ2v) is 5.06. The van der Waals surface area contributed by atoms with Crippen molar-refractivity contribution in [3.8, 4) is 0 Å². The average Bonchev–Trinajstić information content (AvgIpc) is 2.46. The third-order valence-corrected chi connectivity index (χ3v) is 3.54. The molecule has 8 heteroatoms. The first-order valence-corrected chi connectivity index (χ1v) is 6.64. The fourth-order valence-corrected chi connectivity index (χ4v) is 2.35. The number of rotatable bonds is 4. The zero-order valence-corrected chi connectivity index (χ0v) is 11.7. The van der Waals surface area contributed by atoms with E-state index in [4.69, 9.17) is 5.84 Å². The molecule has 1 saturated heterocycles. The van der Waals surface area contributed by atoms with Crippen LogP contribution in [-0.2, 0) is 0 Å². The van der Waals surface area contributed by atoms with Gasteiger partial charge in [0.05, 0.1) is 4.92 Å². The number of aromatic nitrogens is 1. The van der Waals surface area contributed by atoms with E-state index in [0.29, 0.717) is 17.7 Å². The van der Waals surface area contributed by atoms with Crippen molar-refractivity contribution >= 4 is 17.3 Å². The highest BCUT2D eigenvalue weighted by Crippen LogP contribution is 2.28. The summed E-state index contributed by atoms with van der Waals surface area (Å²) in [6.07, 6.45) is 0. The van der Waals surface area contributed by atoms with E-state index >= 15 is 0 Å². The van der Waals surface area contributed by atoms with Crippen LogP contribution in [0, 0.1) is 10.1 Å². The molecule has 1 aromatic rings. The monoisotopic (exact) mass is 280 g/mol. The molecule has 2 heterocycles. The van der Waals surface area contributed by atoms with Crippen LogP contribution in [0.3, 0.4) is 0 Å². The van der Waals surface area contributed by atoms with Crippen molar-refractivity contribution < 1.29 is 4.92 Å². The first-order chi connectivity index (χ1) is 9.52. The zero-order chi connectivity index (χ0) is 14.7. The Hall–Kier alpha value is -1.93. The third kappa shape index (κ3) is 2.97. The molecule has 20 heavy (non-hydrogen) atoms. The van der Waals surface area contributed by atoms with E-state index in [1.54, 1.807) is 0 Å². The van der Waals surface area contributed by atoms with E-state index in [-0.39, 0.29) is 5.69 Å². The number of nitrogen functional groups attached to an aromatic ring is 1. The average molecular weight is 280 g/mol. The van der Waals surface area contributed by atoms with Gasteiger partial charge in [0, 0.05) is 38.3 Å². The molecule has 0 spiro atoms. The minimum Gasteiger partial charge on any atom is -0.348 e. The van der Waals surface area contributed by atoms with E-state index in [1.165, 1.54) is 12.1 Å². The molecule has 1 aliphatic heterocycles. The topological polar surface area (TPSA) is 101 Å². The van der Waals surface area contributed by atoms with Gasteiger partial charge in [-0.05, 0) is 19.9 Å². The van der Waals surface area contributed by atoms with Crippen LogP contribution in [0.5, 0.6) is 0 Å². The molecule has 1 aliphatic rings. The standard InChI is InChI=1S/C12H20N6O2/c1-9(2)16-5-7-17(8-6-16)12-10(18(19)20)3-4-11(14-12)15-13/h3-4,9H,5-8,13H2,1-2H3,(H,14,15). The van der Waals surface area contributed by atoms with Gasteiger partial charge in [-0.25, -0.2) is 10.8 Å². The van der Waals surface area contributed by atoms with Gasteiger partial charge >= 0.3 is 5.69 Å². The highest BCUT2D eigenvalue weighted by Gasteiger charge is 2.26. The van der Waals surface area contributed by atoms with Crippen LogP contribution in [0.25, 0.3) is 0 Å². The Kier molecular flexibility index (Phi) is 4.35. The molecule has 110 valence electrons. The lowest BCUT2D eigenvalue weighted by Crippen LogP contribution is -2.49. The van der Waals surface area contributed by atoms with Crippen LogP contribution < -0.4 is 16.2 Å². The van der Waals surface area contributed by atoms with Gasteiger partial charge in [-0.1, -0.05) is 0 Å². The van der Waals surface area contributed by atoms with Gasteiger partial charge in [-0.3, -0.25) is 15.0 Å². The SMILES string of the molecule is CC(C)N1CCN(c2nc(NN)ccc2[N+](=O)[O-])CC1. The van der Waals surface area contributed by atoms with E-state index in [9.17, 15) is 10.1 Å². The van der Waals surface area contributed by atoms with Crippen molar-refractivity contribution in [2.75, 3.05) is 36.5 Å². The van der Waals surface area contributed by atoms with Gasteiger partial charge in [0.1, 0.15) is 5.82 Å². The van der Waals surface area contributed by atoms with Gasteiger partial charge in [0.25, 0.3) is 0 Å². The summed E-state index contributed by atoms with van der Waals surface area (Å²) >= 11 is 0. The van der Waals surface area contributed by atoms with Gasteiger partial charge < -0.3 is 10.3 Å². The Morgan fingerprint density at radius 3 is 2.50 bits per heavy atom. The molecule has 0 bridgehead atoms. The molecule has 0 saturated carbocycles. The van der Waals surface area contributed by atoms with E-state index in [2.05, 4.69) is 29.2 Å². The third-order valence-electron chi connectivity index (χ3n) is 3.54. The number of pyridine rings is 1. The summed E-state index contributed by atoms with van der Waals surface area (Å²) in [6, 6.07) is 3.43. The molecule has 0 unspecified atom stereocenters. The van der Waals surface area contributed by atoms with Crippen LogP contribution in [0.15, 0.2) is 12.1 Å². The number of anilines is 2. The van der Waals surface area contributed by atoms with Crippen LogP contribution in [-0.4, -0.2) is 47.0 Å². The molecule has 3 N–H and O–H groups in total. The molecule has 0 amide bonds. The Bertz CT molecular complexity index is 485. The predicted octanol–water partition coefficient (Wildman–Crippen LogP) is 0.806. The van der Waals surface area contributed by atoms with Crippen molar-refractivity contribution in [3.63, 3.8) is 0 Å². The van der Waals surface area contributed by atoms with E-state index in [1.807, 2.05) is 4.90 Å². The van der Waals surface area contributed by atoms with Crippen molar-refractivity contribution in [2.24, 2.45) is 5.84 Å². The maximum Gasteiger partial charge on any atom is 0.311 e. The summed E-state index contributed by atoms with van der Waals surface area (Å²) < 4.78 is 0. The zero-order valence-electron chi connectivity index (χ0n) is 11.7. The highest BCUT2D eigenvalue weighted by molar-refractivity contribution is 5.61. The largest absolute Gasteiger partial charge is 0.348 e. The van der Waals surface area contributed by atoms with Gasteiger partial charge in [-0.15, -0.1) is 0 Å². The number of nitrogens with zero attached hydrogens (tertiary/aromatic N) is 4. The van der Waals surface area contributed by atoms with Crippen molar-refractivity contribution in [3.05, 3.63) is 22.2 Å². The molecule has 0 aliphatic carbocycles. The molecule has 0 aromatic carbocycles. The number of hydrogen-bond acceptors (Lipinski definition) is 7. The Labute approximate surface area is 117 Å². The number of nitrogens with one attached hydrogen (secondary N) is 1. The normalized spacial score (nSPS) is 16.5. The summed E-state index contributed by atoms with van der Waals surface area (Å²) in [5.74, 6) is 6.14. The number of nitrogens with two attached hydrogens (primary N) is 1. The van der Waals surface area contributed by atoms with Crippen molar-refractivity contribution in [1.82, 2.24) is 9.88 Å². The van der Waals surface area contributed by atoms with Crippen LogP contribution in [0.1, 0.15) is 13.8 Å². The number of nitro groups is 1. The molecule has 1 aromatic heterocycles. The Morgan fingerprint density at radius 2 is 2.00 bits per heavy atom. The lowest BCUT2D eigenvalue weighted by atomic mass is 10.2. The summed E-state index contributed by atoms with van der Waals surface area (Å²) in [5.41, 5.74) is 2.44. The first-order valence-electron chi connectivity index (χ1n) is 6.64. The van der Waals surface area contributed by atoms with Crippen LogP contribution in [0.2, 0.25) is 0 Å². The van der Waals surface area contributed by atoms with Gasteiger partial charge in [-0.2, -0.15) is 0 Å². The second-order valence-electron chi connectivity index (χ2n) is 5.06. The fraction of sp³-hybridized carbons (Fsp3) is 0.583. The lowest BCUT2D eigenvalue weighted by molar-refractivity contribution is -0.384. The molecular formula is C12H20N6O2. The summed E-state index contributed by atoms with van der Waals surface area (Å²) in [5, 5.41) is 11.1. The quantitative estimate of drug-likeness (QED) is 0.478. The smallest absolute Gasteiger partial charge is 0.311 e. The van der Waals surface area contributed by atoms with Gasteiger partial charge in [0.15, 0.2) is 0 Å².